The molecule has 1 aromatic rings. The van der Waals surface area contributed by atoms with E-state index in [0.717, 1.165) is 16.9 Å². The summed E-state index contributed by atoms with van der Waals surface area (Å²) < 4.78 is 13.0. The van der Waals surface area contributed by atoms with E-state index in [1.807, 2.05) is 33.1 Å². The number of aryl methyl sites for hydroxylation is 1. The van der Waals surface area contributed by atoms with Gasteiger partial charge in [0, 0.05) is 5.75 Å². The fraction of sp³-hybridized carbons (Fsp3) is 0.455. The van der Waals surface area contributed by atoms with Gasteiger partial charge < -0.3 is 5.73 Å². The molecule has 0 amide bonds. The average molecular weight is 215 g/mol. The Balaban J connectivity index is 0.000000791. The van der Waals surface area contributed by atoms with Gasteiger partial charge >= 0.3 is 0 Å². The molecule has 3 heteroatoms. The van der Waals surface area contributed by atoms with E-state index in [1.165, 1.54) is 6.07 Å². The Morgan fingerprint density at radius 3 is 2.36 bits per heavy atom. The van der Waals surface area contributed by atoms with Gasteiger partial charge in [-0.1, -0.05) is 19.9 Å². The van der Waals surface area contributed by atoms with E-state index in [9.17, 15) is 4.39 Å². The van der Waals surface area contributed by atoms with Crippen molar-refractivity contribution in [3.05, 3.63) is 29.1 Å². The standard InChI is InChI=1S/C9H12FNS.C2H6/c1-6-3-7(5-12-2)4-8(10)9(6)11;1-2/h3-4H,5,11H2,1-2H3;1-2H3. The molecule has 0 fully saturated rings. The Bertz CT molecular complexity index is 264. The molecule has 80 valence electrons. The molecule has 14 heavy (non-hydrogen) atoms. The number of benzene rings is 1. The Morgan fingerprint density at radius 1 is 1.36 bits per heavy atom. The quantitative estimate of drug-likeness (QED) is 0.763. The minimum absolute atomic E-state index is 0.264. The van der Waals surface area contributed by atoms with E-state index >= 15 is 0 Å². The van der Waals surface area contributed by atoms with Gasteiger partial charge in [-0.25, -0.2) is 4.39 Å². The summed E-state index contributed by atoms with van der Waals surface area (Å²) in [5.41, 5.74) is 7.54. The van der Waals surface area contributed by atoms with Crippen molar-refractivity contribution in [1.29, 1.82) is 0 Å². The summed E-state index contributed by atoms with van der Waals surface area (Å²) in [6.45, 7) is 5.82. The van der Waals surface area contributed by atoms with Gasteiger partial charge in [-0.15, -0.1) is 0 Å². The minimum Gasteiger partial charge on any atom is -0.396 e. The molecule has 0 aliphatic carbocycles. The molecule has 2 N–H and O–H groups in total. The van der Waals surface area contributed by atoms with Crippen LogP contribution in [0.1, 0.15) is 25.0 Å². The molecule has 1 nitrogen and oxygen atoms in total. The molecule has 0 spiro atoms. The number of hydrogen-bond acceptors (Lipinski definition) is 2. The maximum absolute atomic E-state index is 13.0. The van der Waals surface area contributed by atoms with Crippen LogP contribution in [0.4, 0.5) is 10.1 Å². The van der Waals surface area contributed by atoms with Crippen molar-refractivity contribution < 1.29 is 4.39 Å². The number of rotatable bonds is 2. The van der Waals surface area contributed by atoms with Crippen LogP contribution >= 0.6 is 11.8 Å². The van der Waals surface area contributed by atoms with E-state index in [2.05, 4.69) is 0 Å². The summed E-state index contributed by atoms with van der Waals surface area (Å²) in [6, 6.07) is 3.42. The van der Waals surface area contributed by atoms with Gasteiger partial charge in [0.25, 0.3) is 0 Å². The number of thioether (sulfide) groups is 1. The second-order valence-corrected chi connectivity index (χ2v) is 3.61. The number of nitrogens with two attached hydrogens (primary N) is 1. The van der Waals surface area contributed by atoms with Gasteiger partial charge in [0.2, 0.25) is 0 Å². The van der Waals surface area contributed by atoms with Crippen LogP contribution in [-0.4, -0.2) is 6.26 Å². The maximum atomic E-state index is 13.0. The molecule has 0 unspecified atom stereocenters. The minimum atomic E-state index is -0.306. The fourth-order valence-corrected chi connectivity index (χ4v) is 1.58. The van der Waals surface area contributed by atoms with Crippen molar-refractivity contribution in [3.63, 3.8) is 0 Å². The van der Waals surface area contributed by atoms with Crippen molar-refractivity contribution in [1.82, 2.24) is 0 Å². The SMILES string of the molecule is CC.CSCc1cc(C)c(N)c(F)c1. The normalized spacial score (nSPS) is 9.21. The first-order valence-electron chi connectivity index (χ1n) is 4.68. The summed E-state index contributed by atoms with van der Waals surface area (Å²) >= 11 is 1.67. The molecule has 0 heterocycles. The van der Waals surface area contributed by atoms with Crippen molar-refractivity contribution in [2.75, 3.05) is 12.0 Å². The van der Waals surface area contributed by atoms with Gasteiger partial charge in [0.1, 0.15) is 5.82 Å². The average Bonchev–Trinajstić information content (AvgIpc) is 2.18. The Morgan fingerprint density at radius 2 is 1.93 bits per heavy atom. The Kier molecular flexibility index (Phi) is 6.37. The number of nitrogen functional groups attached to an aromatic ring is 1. The van der Waals surface area contributed by atoms with Crippen molar-refractivity contribution in [2.45, 2.75) is 26.5 Å². The summed E-state index contributed by atoms with van der Waals surface area (Å²) in [6.07, 6.45) is 1.99. The molecule has 0 aliphatic rings. The first-order valence-corrected chi connectivity index (χ1v) is 6.08. The lowest BCUT2D eigenvalue weighted by Crippen LogP contribution is -1.96. The van der Waals surface area contributed by atoms with E-state index < -0.39 is 0 Å². The van der Waals surface area contributed by atoms with Crippen molar-refractivity contribution in [3.8, 4) is 0 Å². The molecule has 0 radical (unpaired) electrons. The largest absolute Gasteiger partial charge is 0.396 e. The van der Waals surface area contributed by atoms with Gasteiger partial charge in [0.15, 0.2) is 0 Å². The predicted molar refractivity (Wildman–Crippen MR) is 64.1 cm³/mol. The maximum Gasteiger partial charge on any atom is 0.146 e. The third kappa shape index (κ3) is 3.58. The summed E-state index contributed by atoms with van der Waals surface area (Å²) in [5.74, 6) is 0.525. The third-order valence-electron chi connectivity index (χ3n) is 1.71. The topological polar surface area (TPSA) is 26.0 Å². The molecule has 1 rings (SSSR count). The molecule has 0 atom stereocenters. The fourth-order valence-electron chi connectivity index (χ4n) is 1.08. The Labute approximate surface area is 89.9 Å². The van der Waals surface area contributed by atoms with Gasteiger partial charge in [-0.2, -0.15) is 11.8 Å². The van der Waals surface area contributed by atoms with Crippen LogP contribution in [0.5, 0.6) is 0 Å². The van der Waals surface area contributed by atoms with Crippen LogP contribution < -0.4 is 5.73 Å². The first-order chi connectivity index (χ1) is 6.65. The van der Waals surface area contributed by atoms with E-state index in [4.69, 9.17) is 5.73 Å². The second-order valence-electron chi connectivity index (χ2n) is 2.74. The molecule has 0 saturated heterocycles. The lowest BCUT2D eigenvalue weighted by molar-refractivity contribution is 0.630. The molecule has 1 aromatic carbocycles. The monoisotopic (exact) mass is 215 g/mol. The zero-order chi connectivity index (χ0) is 11.1. The number of halogens is 1. The smallest absolute Gasteiger partial charge is 0.146 e. The third-order valence-corrected chi connectivity index (χ3v) is 2.33. The molecule has 0 saturated carbocycles. The van der Waals surface area contributed by atoms with Gasteiger partial charge in [-0.3, -0.25) is 0 Å². The predicted octanol–water partition coefficient (Wildman–Crippen LogP) is 3.61. The van der Waals surface area contributed by atoms with Crippen LogP contribution in [0.2, 0.25) is 0 Å². The van der Waals surface area contributed by atoms with Crippen LogP contribution in [0.3, 0.4) is 0 Å². The lowest BCUT2D eigenvalue weighted by Gasteiger charge is -2.04. The Hall–Kier alpha value is -0.700. The van der Waals surface area contributed by atoms with E-state index in [1.54, 1.807) is 11.8 Å². The zero-order valence-electron chi connectivity index (χ0n) is 9.23. The highest BCUT2D eigenvalue weighted by Crippen LogP contribution is 2.20. The van der Waals surface area contributed by atoms with Crippen LogP contribution in [0.25, 0.3) is 0 Å². The molecule has 0 bridgehead atoms. The highest BCUT2D eigenvalue weighted by molar-refractivity contribution is 7.97. The first kappa shape index (κ1) is 13.3. The summed E-state index contributed by atoms with van der Waals surface area (Å²) in [5, 5.41) is 0. The summed E-state index contributed by atoms with van der Waals surface area (Å²) in [4.78, 5) is 0. The van der Waals surface area contributed by atoms with E-state index in [-0.39, 0.29) is 11.5 Å². The lowest BCUT2D eigenvalue weighted by atomic mass is 10.1. The van der Waals surface area contributed by atoms with Gasteiger partial charge in [0.05, 0.1) is 5.69 Å². The molecular formula is C11H18FNS. The number of anilines is 1. The molecular weight excluding hydrogens is 197 g/mol. The zero-order valence-corrected chi connectivity index (χ0v) is 10.0. The van der Waals surface area contributed by atoms with Crippen molar-refractivity contribution >= 4 is 17.4 Å². The molecule has 0 aliphatic heterocycles. The van der Waals surface area contributed by atoms with Crippen LogP contribution in [-0.2, 0) is 5.75 Å². The molecule has 0 aromatic heterocycles. The van der Waals surface area contributed by atoms with E-state index in [0.29, 0.717) is 0 Å². The van der Waals surface area contributed by atoms with Gasteiger partial charge in [-0.05, 0) is 30.4 Å². The summed E-state index contributed by atoms with van der Waals surface area (Å²) in [7, 11) is 0. The second kappa shape index (κ2) is 6.71. The van der Waals surface area contributed by atoms with Crippen molar-refractivity contribution in [2.24, 2.45) is 0 Å². The number of hydrogen-bond donors (Lipinski definition) is 1. The van der Waals surface area contributed by atoms with Crippen LogP contribution in [0, 0.1) is 12.7 Å². The van der Waals surface area contributed by atoms with Crippen LogP contribution in [0.15, 0.2) is 12.1 Å². The highest BCUT2D eigenvalue weighted by atomic mass is 32.2. The highest BCUT2D eigenvalue weighted by Gasteiger charge is 2.03.